The average molecular weight is 304 g/mol. The number of rotatable bonds is 5. The minimum absolute atomic E-state index is 0.0612. The van der Waals surface area contributed by atoms with E-state index in [0.29, 0.717) is 13.2 Å². The molecule has 1 amide bonds. The molecule has 0 bridgehead atoms. The Balaban J connectivity index is 1.98. The zero-order valence-corrected chi connectivity index (χ0v) is 14.0. The zero-order valence-electron chi connectivity index (χ0n) is 14.0. The van der Waals surface area contributed by atoms with Crippen LogP contribution in [0, 0.1) is 5.92 Å². The van der Waals surface area contributed by atoms with Crippen molar-refractivity contribution in [3.05, 3.63) is 29.8 Å². The third-order valence-electron chi connectivity index (χ3n) is 4.58. The van der Waals surface area contributed by atoms with Gasteiger partial charge in [-0.3, -0.25) is 4.79 Å². The van der Waals surface area contributed by atoms with Crippen LogP contribution in [-0.2, 0) is 11.3 Å². The van der Waals surface area contributed by atoms with Crippen LogP contribution in [0.4, 0.5) is 0 Å². The summed E-state index contributed by atoms with van der Waals surface area (Å²) >= 11 is 0. The first-order valence-corrected chi connectivity index (χ1v) is 8.19. The van der Waals surface area contributed by atoms with Crippen molar-refractivity contribution < 1.29 is 9.53 Å². The maximum atomic E-state index is 12.7. The molecule has 0 heterocycles. The van der Waals surface area contributed by atoms with Crippen LogP contribution in [0.15, 0.2) is 24.3 Å². The van der Waals surface area contributed by atoms with Crippen LogP contribution >= 0.6 is 0 Å². The van der Waals surface area contributed by atoms with E-state index >= 15 is 0 Å². The van der Waals surface area contributed by atoms with Gasteiger partial charge in [0.05, 0.1) is 12.5 Å². The molecule has 1 fully saturated rings. The lowest BCUT2D eigenvalue weighted by atomic mass is 9.74. The Hall–Kier alpha value is -1.55. The first kappa shape index (κ1) is 16.8. The number of nitrogens with two attached hydrogens (primary N) is 1. The van der Waals surface area contributed by atoms with E-state index in [1.165, 1.54) is 0 Å². The number of carbonyl (C=O) groups excluding carboxylic acids is 1. The fraction of sp³-hybridized carbons (Fsp3) is 0.611. The van der Waals surface area contributed by atoms with Crippen LogP contribution in [-0.4, -0.2) is 30.0 Å². The van der Waals surface area contributed by atoms with Crippen molar-refractivity contribution in [2.75, 3.05) is 13.7 Å². The highest BCUT2D eigenvalue weighted by molar-refractivity contribution is 5.80. The van der Waals surface area contributed by atoms with Gasteiger partial charge < -0.3 is 15.4 Å². The Bertz CT molecular complexity index is 496. The molecule has 0 saturated heterocycles. The van der Waals surface area contributed by atoms with Gasteiger partial charge in [0.15, 0.2) is 0 Å². The van der Waals surface area contributed by atoms with Crippen molar-refractivity contribution in [2.24, 2.45) is 11.7 Å². The summed E-state index contributed by atoms with van der Waals surface area (Å²) in [6.07, 6.45) is 4.05. The number of ether oxygens (including phenoxy) is 1. The van der Waals surface area contributed by atoms with Crippen LogP contribution < -0.4 is 10.5 Å². The third-order valence-corrected chi connectivity index (χ3v) is 4.58. The fourth-order valence-electron chi connectivity index (χ4n) is 3.24. The SMILES string of the molecule is CCOc1ccc(CN(C)C(=O)C2CCCCC2(C)N)cc1. The van der Waals surface area contributed by atoms with Crippen molar-refractivity contribution in [3.8, 4) is 5.75 Å². The molecular formula is C18H28N2O2. The zero-order chi connectivity index (χ0) is 16.2. The van der Waals surface area contributed by atoms with Crippen LogP contribution in [0.2, 0.25) is 0 Å². The number of nitrogens with zero attached hydrogens (tertiary/aromatic N) is 1. The van der Waals surface area contributed by atoms with Crippen LogP contribution in [0.3, 0.4) is 0 Å². The van der Waals surface area contributed by atoms with Crippen molar-refractivity contribution in [1.82, 2.24) is 4.90 Å². The second-order valence-electron chi connectivity index (χ2n) is 6.58. The summed E-state index contributed by atoms with van der Waals surface area (Å²) in [5.74, 6) is 0.967. The third kappa shape index (κ3) is 4.01. The van der Waals surface area contributed by atoms with Gasteiger partial charge in [-0.15, -0.1) is 0 Å². The number of hydrogen-bond acceptors (Lipinski definition) is 3. The molecule has 2 rings (SSSR count). The van der Waals surface area contributed by atoms with E-state index in [1.54, 1.807) is 4.90 Å². The van der Waals surface area contributed by atoms with Crippen molar-refractivity contribution >= 4 is 5.91 Å². The molecule has 2 unspecified atom stereocenters. The Morgan fingerprint density at radius 3 is 2.64 bits per heavy atom. The van der Waals surface area contributed by atoms with Gasteiger partial charge >= 0.3 is 0 Å². The first-order chi connectivity index (χ1) is 10.4. The normalized spacial score (nSPS) is 24.8. The molecule has 0 radical (unpaired) electrons. The molecule has 122 valence electrons. The Morgan fingerprint density at radius 2 is 2.05 bits per heavy atom. The number of amides is 1. The largest absolute Gasteiger partial charge is 0.494 e. The van der Waals surface area contributed by atoms with E-state index in [9.17, 15) is 4.79 Å². The van der Waals surface area contributed by atoms with Gasteiger partial charge in [0.25, 0.3) is 0 Å². The van der Waals surface area contributed by atoms with Crippen molar-refractivity contribution in [2.45, 2.75) is 51.6 Å². The second-order valence-corrected chi connectivity index (χ2v) is 6.58. The molecule has 0 aromatic heterocycles. The quantitative estimate of drug-likeness (QED) is 0.910. The molecule has 0 aliphatic heterocycles. The van der Waals surface area contributed by atoms with E-state index in [4.69, 9.17) is 10.5 Å². The fourth-order valence-corrected chi connectivity index (χ4v) is 3.24. The van der Waals surface area contributed by atoms with Gasteiger partial charge in [0.1, 0.15) is 5.75 Å². The lowest BCUT2D eigenvalue weighted by molar-refractivity contribution is -0.138. The second kappa shape index (κ2) is 7.14. The maximum Gasteiger partial charge on any atom is 0.227 e. The molecule has 0 spiro atoms. The Labute approximate surface area is 133 Å². The van der Waals surface area contributed by atoms with Gasteiger partial charge in [0, 0.05) is 19.1 Å². The topological polar surface area (TPSA) is 55.6 Å². The summed E-state index contributed by atoms with van der Waals surface area (Å²) in [5, 5.41) is 0. The molecule has 4 heteroatoms. The highest BCUT2D eigenvalue weighted by atomic mass is 16.5. The molecule has 1 saturated carbocycles. The predicted octanol–water partition coefficient (Wildman–Crippen LogP) is 2.95. The predicted molar refractivity (Wildman–Crippen MR) is 88.6 cm³/mol. The molecule has 22 heavy (non-hydrogen) atoms. The monoisotopic (exact) mass is 304 g/mol. The van der Waals surface area contributed by atoms with Gasteiger partial charge in [-0.2, -0.15) is 0 Å². The molecule has 1 aromatic rings. The van der Waals surface area contributed by atoms with Crippen LogP contribution in [0.5, 0.6) is 5.75 Å². The standard InChI is InChI=1S/C18H28N2O2/c1-4-22-15-10-8-14(9-11-15)13-20(3)17(21)16-7-5-6-12-18(16,2)19/h8-11,16H,4-7,12-13,19H2,1-3H3. The number of benzene rings is 1. The summed E-state index contributed by atoms with van der Waals surface area (Å²) in [7, 11) is 1.86. The number of carbonyl (C=O) groups is 1. The molecule has 2 N–H and O–H groups in total. The van der Waals surface area contributed by atoms with E-state index in [0.717, 1.165) is 37.0 Å². The average Bonchev–Trinajstić information content (AvgIpc) is 2.48. The molecule has 2 atom stereocenters. The lowest BCUT2D eigenvalue weighted by Crippen LogP contribution is -2.53. The molecule has 1 aromatic carbocycles. The molecular weight excluding hydrogens is 276 g/mol. The molecule has 1 aliphatic rings. The van der Waals surface area contributed by atoms with Gasteiger partial charge in [-0.25, -0.2) is 0 Å². The smallest absolute Gasteiger partial charge is 0.227 e. The molecule has 4 nitrogen and oxygen atoms in total. The lowest BCUT2D eigenvalue weighted by Gasteiger charge is -2.39. The van der Waals surface area contributed by atoms with Crippen LogP contribution in [0.25, 0.3) is 0 Å². The highest BCUT2D eigenvalue weighted by Crippen LogP contribution is 2.33. The summed E-state index contributed by atoms with van der Waals surface area (Å²) < 4.78 is 5.44. The maximum absolute atomic E-state index is 12.7. The summed E-state index contributed by atoms with van der Waals surface area (Å²) in [6, 6.07) is 7.92. The van der Waals surface area contributed by atoms with E-state index < -0.39 is 0 Å². The van der Waals surface area contributed by atoms with Crippen molar-refractivity contribution in [1.29, 1.82) is 0 Å². The first-order valence-electron chi connectivity index (χ1n) is 8.19. The molecule has 1 aliphatic carbocycles. The summed E-state index contributed by atoms with van der Waals surface area (Å²) in [5.41, 5.74) is 7.08. The van der Waals surface area contributed by atoms with E-state index in [-0.39, 0.29) is 17.4 Å². The van der Waals surface area contributed by atoms with Gasteiger partial charge in [0.2, 0.25) is 5.91 Å². The van der Waals surface area contributed by atoms with Gasteiger partial charge in [-0.1, -0.05) is 25.0 Å². The minimum Gasteiger partial charge on any atom is -0.494 e. The number of hydrogen-bond donors (Lipinski definition) is 1. The summed E-state index contributed by atoms with van der Waals surface area (Å²) in [6.45, 7) is 5.25. The summed E-state index contributed by atoms with van der Waals surface area (Å²) in [4.78, 5) is 14.5. The van der Waals surface area contributed by atoms with E-state index in [2.05, 4.69) is 0 Å². The Kier molecular flexibility index (Phi) is 5.46. The highest BCUT2D eigenvalue weighted by Gasteiger charge is 2.38. The van der Waals surface area contributed by atoms with Crippen LogP contribution in [0.1, 0.15) is 45.1 Å². The minimum atomic E-state index is -0.373. The Morgan fingerprint density at radius 1 is 1.36 bits per heavy atom. The van der Waals surface area contributed by atoms with E-state index in [1.807, 2.05) is 45.2 Å². The van der Waals surface area contributed by atoms with Crippen molar-refractivity contribution in [3.63, 3.8) is 0 Å². The van der Waals surface area contributed by atoms with Gasteiger partial charge in [-0.05, 0) is 44.4 Å².